The fourth-order valence-corrected chi connectivity index (χ4v) is 2.45. The van der Waals surface area contributed by atoms with Crippen molar-refractivity contribution < 1.29 is 4.79 Å². The quantitative estimate of drug-likeness (QED) is 0.853. The lowest BCUT2D eigenvalue weighted by Gasteiger charge is -2.25. The zero-order valence-corrected chi connectivity index (χ0v) is 13.9. The smallest absolute Gasteiger partial charge is 0.272 e. The van der Waals surface area contributed by atoms with Gasteiger partial charge >= 0.3 is 0 Å². The second kappa shape index (κ2) is 6.73. The Balaban J connectivity index is 2.18. The zero-order valence-electron chi connectivity index (χ0n) is 13.9. The lowest BCUT2D eigenvalue weighted by atomic mass is 10.1. The van der Waals surface area contributed by atoms with Crippen molar-refractivity contribution in [2.45, 2.75) is 33.2 Å². The lowest BCUT2D eigenvalue weighted by Crippen LogP contribution is -2.31. The predicted molar refractivity (Wildman–Crippen MR) is 86.5 cm³/mol. The Morgan fingerprint density at radius 2 is 2.09 bits per heavy atom. The summed E-state index contributed by atoms with van der Waals surface area (Å²) in [6.07, 6.45) is 4.40. The molecule has 2 rings (SSSR count). The molecule has 1 atom stereocenters. The van der Waals surface area contributed by atoms with Gasteiger partial charge in [-0.05, 0) is 37.0 Å². The number of carbonyl (C=O) groups is 1. The minimum absolute atomic E-state index is 0.0265. The van der Waals surface area contributed by atoms with Crippen molar-refractivity contribution in [2.24, 2.45) is 13.0 Å². The fraction of sp³-hybridized carbons (Fsp3) is 0.471. The van der Waals surface area contributed by atoms with Gasteiger partial charge in [-0.3, -0.25) is 14.5 Å². The molecule has 1 amide bonds. The van der Waals surface area contributed by atoms with Crippen LogP contribution in [0.25, 0.3) is 0 Å². The van der Waals surface area contributed by atoms with Crippen LogP contribution < -0.4 is 0 Å². The second-order valence-electron chi connectivity index (χ2n) is 6.12. The maximum atomic E-state index is 12.7. The van der Waals surface area contributed by atoms with Gasteiger partial charge in [-0.2, -0.15) is 5.10 Å². The first kappa shape index (κ1) is 16.2. The Kier molecular flexibility index (Phi) is 4.96. The van der Waals surface area contributed by atoms with Crippen LogP contribution in [0.15, 0.2) is 30.6 Å². The molecule has 0 aromatic carbocycles. The summed E-state index contributed by atoms with van der Waals surface area (Å²) in [7, 11) is 3.63. The second-order valence-corrected chi connectivity index (χ2v) is 6.12. The number of amides is 1. The summed E-state index contributed by atoms with van der Waals surface area (Å²) in [6, 6.07) is 5.73. The molecule has 118 valence electrons. The van der Waals surface area contributed by atoms with E-state index in [0.29, 0.717) is 11.6 Å². The summed E-state index contributed by atoms with van der Waals surface area (Å²) in [5.74, 6) is 0.492. The Hall–Kier alpha value is -2.17. The van der Waals surface area contributed by atoms with Crippen LogP contribution in [0.4, 0.5) is 0 Å². The Bertz CT molecular complexity index is 633. The van der Waals surface area contributed by atoms with E-state index in [1.54, 1.807) is 22.0 Å². The van der Waals surface area contributed by atoms with Gasteiger partial charge in [-0.1, -0.05) is 19.9 Å². The summed E-state index contributed by atoms with van der Waals surface area (Å²) in [5, 5.41) is 4.44. The third-order valence-corrected chi connectivity index (χ3v) is 3.84. The third kappa shape index (κ3) is 3.53. The molecule has 0 unspecified atom stereocenters. The maximum Gasteiger partial charge on any atom is 0.272 e. The molecule has 5 heteroatoms. The number of nitrogens with zero attached hydrogens (tertiary/aromatic N) is 4. The average Bonchev–Trinajstić information content (AvgIpc) is 2.85. The largest absolute Gasteiger partial charge is 0.334 e. The molecule has 2 heterocycles. The Labute approximate surface area is 132 Å². The molecule has 0 spiro atoms. The molecule has 2 aromatic rings. The lowest BCUT2D eigenvalue weighted by molar-refractivity contribution is 0.0731. The highest BCUT2D eigenvalue weighted by Gasteiger charge is 2.22. The van der Waals surface area contributed by atoms with E-state index in [-0.39, 0.29) is 11.9 Å². The van der Waals surface area contributed by atoms with Crippen molar-refractivity contribution >= 4 is 5.91 Å². The monoisotopic (exact) mass is 300 g/mol. The van der Waals surface area contributed by atoms with Crippen LogP contribution in [0.1, 0.15) is 48.6 Å². The van der Waals surface area contributed by atoms with Gasteiger partial charge in [-0.15, -0.1) is 0 Å². The third-order valence-electron chi connectivity index (χ3n) is 3.84. The molecule has 0 fully saturated rings. The van der Waals surface area contributed by atoms with Gasteiger partial charge in [0.05, 0.1) is 11.7 Å². The minimum atomic E-state index is -0.0374. The van der Waals surface area contributed by atoms with E-state index in [0.717, 1.165) is 17.7 Å². The number of aryl methyl sites for hydroxylation is 1. The number of pyridine rings is 1. The molecular weight excluding hydrogens is 276 g/mol. The van der Waals surface area contributed by atoms with Gasteiger partial charge < -0.3 is 4.90 Å². The summed E-state index contributed by atoms with van der Waals surface area (Å²) >= 11 is 0. The van der Waals surface area contributed by atoms with Crippen LogP contribution in [0, 0.1) is 5.92 Å². The standard InChI is InChI=1S/C17H24N4O/c1-12(2)9-15-10-16(21(5)19-15)17(22)20(4)13(3)14-7-6-8-18-11-14/h6-8,10-13H,9H2,1-5H3/t13-/m0/s1. The van der Waals surface area contributed by atoms with Crippen molar-refractivity contribution in [1.29, 1.82) is 0 Å². The van der Waals surface area contributed by atoms with Crippen LogP contribution in [-0.2, 0) is 13.5 Å². The number of hydrogen-bond acceptors (Lipinski definition) is 3. The van der Waals surface area contributed by atoms with E-state index in [2.05, 4.69) is 23.9 Å². The van der Waals surface area contributed by atoms with Gasteiger partial charge in [-0.25, -0.2) is 0 Å². The molecule has 0 aliphatic carbocycles. The van der Waals surface area contributed by atoms with Crippen LogP contribution in [0.3, 0.4) is 0 Å². The van der Waals surface area contributed by atoms with Gasteiger partial charge in [0, 0.05) is 26.5 Å². The summed E-state index contributed by atoms with van der Waals surface area (Å²) < 4.78 is 1.67. The first-order valence-corrected chi connectivity index (χ1v) is 7.60. The van der Waals surface area contributed by atoms with Gasteiger partial charge in [0.1, 0.15) is 5.69 Å². The summed E-state index contributed by atoms with van der Waals surface area (Å²) in [4.78, 5) is 18.6. The van der Waals surface area contributed by atoms with Crippen LogP contribution in [-0.4, -0.2) is 32.6 Å². The molecular formula is C17H24N4O. The highest BCUT2D eigenvalue weighted by Crippen LogP contribution is 2.20. The number of carbonyl (C=O) groups excluding carboxylic acids is 1. The van der Waals surface area contributed by atoms with E-state index < -0.39 is 0 Å². The summed E-state index contributed by atoms with van der Waals surface area (Å²) in [6.45, 7) is 6.29. The number of hydrogen-bond donors (Lipinski definition) is 0. The molecule has 0 radical (unpaired) electrons. The fourth-order valence-electron chi connectivity index (χ4n) is 2.45. The summed E-state index contributed by atoms with van der Waals surface area (Å²) in [5.41, 5.74) is 2.60. The zero-order chi connectivity index (χ0) is 16.3. The molecule has 2 aromatic heterocycles. The van der Waals surface area contributed by atoms with Gasteiger partial charge in [0.2, 0.25) is 0 Å². The molecule has 0 aliphatic heterocycles. The van der Waals surface area contributed by atoms with E-state index in [1.807, 2.05) is 39.2 Å². The van der Waals surface area contributed by atoms with Crippen molar-refractivity contribution in [3.8, 4) is 0 Å². The van der Waals surface area contributed by atoms with E-state index in [9.17, 15) is 4.79 Å². The Morgan fingerprint density at radius 1 is 1.36 bits per heavy atom. The first-order valence-electron chi connectivity index (χ1n) is 7.60. The number of aromatic nitrogens is 3. The van der Waals surface area contributed by atoms with Crippen LogP contribution in [0.5, 0.6) is 0 Å². The maximum absolute atomic E-state index is 12.7. The van der Waals surface area contributed by atoms with Crippen molar-refractivity contribution in [1.82, 2.24) is 19.7 Å². The van der Waals surface area contributed by atoms with E-state index >= 15 is 0 Å². The van der Waals surface area contributed by atoms with Crippen molar-refractivity contribution in [3.05, 3.63) is 47.5 Å². The van der Waals surface area contributed by atoms with Gasteiger partial charge in [0.15, 0.2) is 0 Å². The molecule has 0 aliphatic rings. The first-order chi connectivity index (χ1) is 10.4. The molecule has 22 heavy (non-hydrogen) atoms. The highest BCUT2D eigenvalue weighted by atomic mass is 16.2. The Morgan fingerprint density at radius 3 is 2.68 bits per heavy atom. The van der Waals surface area contributed by atoms with Gasteiger partial charge in [0.25, 0.3) is 5.91 Å². The average molecular weight is 300 g/mol. The van der Waals surface area contributed by atoms with Crippen molar-refractivity contribution in [3.63, 3.8) is 0 Å². The van der Waals surface area contributed by atoms with E-state index in [4.69, 9.17) is 0 Å². The topological polar surface area (TPSA) is 51.0 Å². The van der Waals surface area contributed by atoms with E-state index in [1.165, 1.54) is 0 Å². The normalized spacial score (nSPS) is 12.5. The predicted octanol–water partition coefficient (Wildman–Crippen LogP) is 2.85. The van der Waals surface area contributed by atoms with Crippen LogP contribution in [0.2, 0.25) is 0 Å². The van der Waals surface area contributed by atoms with Crippen molar-refractivity contribution in [2.75, 3.05) is 7.05 Å². The molecule has 0 saturated carbocycles. The number of rotatable bonds is 5. The molecule has 0 saturated heterocycles. The molecule has 5 nitrogen and oxygen atoms in total. The molecule has 0 N–H and O–H groups in total. The minimum Gasteiger partial charge on any atom is -0.334 e. The van der Waals surface area contributed by atoms with Crippen LogP contribution >= 0.6 is 0 Å². The SMILES string of the molecule is CC(C)Cc1cc(C(=O)N(C)[C@@H](C)c2cccnc2)n(C)n1. The molecule has 0 bridgehead atoms. The highest BCUT2D eigenvalue weighted by molar-refractivity contribution is 5.92.